The number of nitrogens with one attached hydrogen (secondary N) is 1. The summed E-state index contributed by atoms with van der Waals surface area (Å²) in [6, 6.07) is 1.74. The summed E-state index contributed by atoms with van der Waals surface area (Å²) in [5.74, 6) is 1.80. The quantitative estimate of drug-likeness (QED) is 0.830. The summed E-state index contributed by atoms with van der Waals surface area (Å²) >= 11 is 0. The van der Waals surface area contributed by atoms with Gasteiger partial charge < -0.3 is 9.84 Å². The minimum atomic E-state index is -0.402. The van der Waals surface area contributed by atoms with Crippen LogP contribution in [-0.4, -0.2) is 11.1 Å². The zero-order chi connectivity index (χ0) is 13.8. The van der Waals surface area contributed by atoms with Gasteiger partial charge in [-0.3, -0.25) is 4.79 Å². The topological polar surface area (TPSA) is 55.1 Å². The van der Waals surface area contributed by atoms with Crippen LogP contribution in [0.4, 0.5) is 5.82 Å². The van der Waals surface area contributed by atoms with Gasteiger partial charge in [0.25, 0.3) is 0 Å². The summed E-state index contributed by atoms with van der Waals surface area (Å²) in [5, 5.41) is 6.72. The molecule has 0 saturated heterocycles. The number of carbonyl (C=O) groups excluding carboxylic acids is 1. The van der Waals surface area contributed by atoms with Crippen molar-refractivity contribution in [2.45, 2.75) is 40.0 Å². The third-order valence-corrected chi connectivity index (χ3v) is 5.19. The maximum Gasteiger partial charge on any atom is 0.235 e. The van der Waals surface area contributed by atoms with Crippen LogP contribution in [0.3, 0.4) is 0 Å². The van der Waals surface area contributed by atoms with Crippen LogP contribution in [0, 0.1) is 23.7 Å². The monoisotopic (exact) mass is 260 g/mol. The SMILES string of the molecule is C=C1C(C)(C)[C@H]2CC[C@@]1(C(=O)Nc1cc(C)on1)C2. The largest absolute Gasteiger partial charge is 0.360 e. The maximum atomic E-state index is 12.6. The molecule has 0 aromatic carbocycles. The predicted octanol–water partition coefficient (Wildman–Crippen LogP) is 3.30. The lowest BCUT2D eigenvalue weighted by molar-refractivity contribution is -0.123. The lowest BCUT2D eigenvalue weighted by Crippen LogP contribution is -2.37. The number of aromatic nitrogens is 1. The second-order valence-corrected chi connectivity index (χ2v) is 6.50. The summed E-state index contributed by atoms with van der Waals surface area (Å²) in [7, 11) is 0. The first-order valence-electron chi connectivity index (χ1n) is 6.81. The first kappa shape index (κ1) is 12.5. The molecule has 0 unspecified atom stereocenters. The Hall–Kier alpha value is -1.58. The number of rotatable bonds is 2. The van der Waals surface area contributed by atoms with Crippen molar-refractivity contribution >= 4 is 11.7 Å². The Morgan fingerprint density at radius 1 is 1.58 bits per heavy atom. The highest BCUT2D eigenvalue weighted by Crippen LogP contribution is 2.65. The molecule has 0 radical (unpaired) electrons. The molecule has 1 heterocycles. The molecule has 0 aliphatic heterocycles. The van der Waals surface area contributed by atoms with Gasteiger partial charge in [0.15, 0.2) is 5.82 Å². The molecule has 2 atom stereocenters. The number of anilines is 1. The zero-order valence-electron chi connectivity index (χ0n) is 11.7. The fraction of sp³-hybridized carbons (Fsp3) is 0.600. The molecule has 2 aliphatic carbocycles. The van der Waals surface area contributed by atoms with Gasteiger partial charge in [-0.25, -0.2) is 0 Å². The number of fused-ring (bicyclic) bond motifs is 2. The normalized spacial score (nSPS) is 31.7. The summed E-state index contributed by atoms with van der Waals surface area (Å²) in [6.45, 7) is 10.4. The minimum absolute atomic E-state index is 0.0267. The van der Waals surface area contributed by atoms with E-state index in [9.17, 15) is 4.79 Å². The third-order valence-electron chi connectivity index (χ3n) is 5.19. The van der Waals surface area contributed by atoms with Gasteiger partial charge in [0, 0.05) is 6.07 Å². The second kappa shape index (κ2) is 3.71. The van der Waals surface area contributed by atoms with Crippen molar-refractivity contribution in [2.24, 2.45) is 16.7 Å². The Morgan fingerprint density at radius 2 is 2.32 bits per heavy atom. The number of aryl methyl sites for hydroxylation is 1. The van der Waals surface area contributed by atoms with E-state index in [-0.39, 0.29) is 11.3 Å². The second-order valence-electron chi connectivity index (χ2n) is 6.50. The lowest BCUT2D eigenvalue weighted by atomic mass is 9.68. The Balaban J connectivity index is 1.86. The predicted molar refractivity (Wildman–Crippen MR) is 72.6 cm³/mol. The average Bonchev–Trinajstić information content (AvgIpc) is 2.98. The summed E-state index contributed by atoms with van der Waals surface area (Å²) in [5.41, 5.74) is 0.741. The molecule has 1 aromatic rings. The van der Waals surface area contributed by atoms with Gasteiger partial charge in [0.05, 0.1) is 5.41 Å². The molecule has 0 spiro atoms. The molecule has 4 heteroatoms. The molecule has 1 N–H and O–H groups in total. The maximum absolute atomic E-state index is 12.6. The average molecular weight is 260 g/mol. The Kier molecular flexibility index (Phi) is 2.43. The number of carbonyl (C=O) groups is 1. The Bertz CT molecular complexity index is 558. The zero-order valence-corrected chi connectivity index (χ0v) is 11.7. The molecule has 2 fully saturated rings. The summed E-state index contributed by atoms with van der Waals surface area (Å²) in [4.78, 5) is 12.6. The molecule has 2 bridgehead atoms. The van der Waals surface area contributed by atoms with Gasteiger partial charge in [-0.05, 0) is 37.5 Å². The van der Waals surface area contributed by atoms with E-state index in [0.717, 1.165) is 24.8 Å². The van der Waals surface area contributed by atoms with Crippen LogP contribution < -0.4 is 5.32 Å². The van der Waals surface area contributed by atoms with E-state index in [2.05, 4.69) is 30.9 Å². The lowest BCUT2D eigenvalue weighted by Gasteiger charge is -2.36. The van der Waals surface area contributed by atoms with E-state index in [1.807, 2.05) is 6.92 Å². The van der Waals surface area contributed by atoms with Crippen LogP contribution in [0.5, 0.6) is 0 Å². The van der Waals surface area contributed by atoms with Crippen LogP contribution in [0.2, 0.25) is 0 Å². The number of hydrogen-bond donors (Lipinski definition) is 1. The highest BCUT2D eigenvalue weighted by Gasteiger charge is 2.60. The summed E-state index contributed by atoms with van der Waals surface area (Å²) < 4.78 is 4.99. The van der Waals surface area contributed by atoms with Crippen molar-refractivity contribution in [1.82, 2.24) is 5.16 Å². The fourth-order valence-electron chi connectivity index (χ4n) is 3.80. The molecule has 3 rings (SSSR count). The molecule has 102 valence electrons. The van der Waals surface area contributed by atoms with Crippen molar-refractivity contribution in [3.63, 3.8) is 0 Å². The molecule has 1 aromatic heterocycles. The Morgan fingerprint density at radius 3 is 2.84 bits per heavy atom. The van der Waals surface area contributed by atoms with E-state index in [1.54, 1.807) is 6.07 Å². The van der Waals surface area contributed by atoms with Crippen LogP contribution in [0.15, 0.2) is 22.7 Å². The van der Waals surface area contributed by atoms with E-state index in [1.165, 1.54) is 0 Å². The van der Waals surface area contributed by atoms with Gasteiger partial charge in [-0.15, -0.1) is 0 Å². The third kappa shape index (κ3) is 1.58. The first-order valence-corrected chi connectivity index (χ1v) is 6.81. The number of amides is 1. The molecule has 1 amide bonds. The van der Waals surface area contributed by atoms with E-state index >= 15 is 0 Å². The van der Waals surface area contributed by atoms with Crippen LogP contribution in [0.25, 0.3) is 0 Å². The number of hydrogen-bond acceptors (Lipinski definition) is 3. The van der Waals surface area contributed by atoms with Crippen LogP contribution in [0.1, 0.15) is 38.9 Å². The molecule has 2 saturated carbocycles. The molecule has 4 nitrogen and oxygen atoms in total. The standard InChI is InChI=1S/C15H20N2O2/c1-9-7-12(17-19-9)16-13(18)15-6-5-11(8-15)14(3,4)10(15)2/h7,11H,2,5-6,8H2,1,3-4H3,(H,16,17,18)/t11-,15+/m0/s1. The minimum Gasteiger partial charge on any atom is -0.360 e. The van der Waals surface area contributed by atoms with Gasteiger partial charge in [0.1, 0.15) is 5.76 Å². The smallest absolute Gasteiger partial charge is 0.235 e. The van der Waals surface area contributed by atoms with E-state index < -0.39 is 5.41 Å². The summed E-state index contributed by atoms with van der Waals surface area (Å²) in [6.07, 6.45) is 2.93. The Labute approximate surface area is 113 Å². The highest BCUT2D eigenvalue weighted by molar-refractivity contribution is 5.97. The molecule has 2 aliphatic rings. The van der Waals surface area contributed by atoms with Gasteiger partial charge in [0.2, 0.25) is 5.91 Å². The van der Waals surface area contributed by atoms with E-state index in [4.69, 9.17) is 4.52 Å². The van der Waals surface area contributed by atoms with Gasteiger partial charge >= 0.3 is 0 Å². The van der Waals surface area contributed by atoms with E-state index in [0.29, 0.717) is 17.5 Å². The van der Waals surface area contributed by atoms with Crippen molar-refractivity contribution in [1.29, 1.82) is 0 Å². The van der Waals surface area contributed by atoms with Crippen LogP contribution in [-0.2, 0) is 4.79 Å². The molecule has 19 heavy (non-hydrogen) atoms. The van der Waals surface area contributed by atoms with Gasteiger partial charge in [-0.2, -0.15) is 0 Å². The molecular formula is C15H20N2O2. The van der Waals surface area contributed by atoms with Crippen molar-refractivity contribution in [3.8, 4) is 0 Å². The van der Waals surface area contributed by atoms with Crippen molar-refractivity contribution in [2.75, 3.05) is 5.32 Å². The molecular weight excluding hydrogens is 240 g/mol. The van der Waals surface area contributed by atoms with Crippen molar-refractivity contribution < 1.29 is 9.32 Å². The van der Waals surface area contributed by atoms with Crippen LogP contribution >= 0.6 is 0 Å². The van der Waals surface area contributed by atoms with Gasteiger partial charge in [-0.1, -0.05) is 31.2 Å². The first-order chi connectivity index (χ1) is 8.86. The fourth-order valence-corrected chi connectivity index (χ4v) is 3.80. The highest BCUT2D eigenvalue weighted by atomic mass is 16.5. The van der Waals surface area contributed by atoms with Crippen molar-refractivity contribution in [3.05, 3.63) is 24.0 Å². The number of nitrogens with zero attached hydrogens (tertiary/aromatic N) is 1.